The lowest BCUT2D eigenvalue weighted by Crippen LogP contribution is -1.97. The molecule has 0 aromatic heterocycles. The van der Waals surface area contributed by atoms with Gasteiger partial charge in [-0.25, -0.2) is 4.39 Å². The summed E-state index contributed by atoms with van der Waals surface area (Å²) in [6, 6.07) is 3.47. The number of halogens is 3. The normalized spacial score (nSPS) is 10.0. The first-order valence-electron chi connectivity index (χ1n) is 3.43. The Morgan fingerprint density at radius 2 is 2.25 bits per heavy atom. The molecule has 0 aliphatic carbocycles. The first kappa shape index (κ1) is 10.2. The highest BCUT2D eigenvalue weighted by Crippen LogP contribution is 2.30. The smallest absolute Gasteiger partial charge is 0.179 e. The molecule has 0 fully saturated rings. The zero-order valence-corrected chi connectivity index (χ0v) is 10.1. The van der Waals surface area contributed by atoms with Crippen molar-refractivity contribution in [2.24, 2.45) is 0 Å². The van der Waals surface area contributed by atoms with Crippen molar-refractivity contribution >= 4 is 38.5 Å². The van der Waals surface area contributed by atoms with Crippen LogP contribution in [0.5, 0.6) is 5.75 Å². The largest absolute Gasteiger partial charge is 0.490 e. The average molecular weight is 345 g/mol. The lowest BCUT2D eigenvalue weighted by atomic mass is 10.3. The van der Waals surface area contributed by atoms with Crippen molar-refractivity contribution in [3.05, 3.63) is 26.0 Å². The molecule has 0 bridgehead atoms. The molecule has 1 rings (SSSR count). The lowest BCUT2D eigenvalue weighted by Gasteiger charge is -2.07. The van der Waals surface area contributed by atoms with Gasteiger partial charge in [-0.15, -0.1) is 0 Å². The van der Waals surface area contributed by atoms with E-state index in [1.807, 2.05) is 29.5 Å². The van der Waals surface area contributed by atoms with E-state index in [1.54, 1.807) is 12.1 Å². The Hall–Kier alpha value is 0.160. The Balaban J connectivity index is 3.14. The van der Waals surface area contributed by atoms with Gasteiger partial charge in [-0.3, -0.25) is 0 Å². The summed E-state index contributed by atoms with van der Waals surface area (Å²) in [5.74, 6) is -0.00350. The van der Waals surface area contributed by atoms with Gasteiger partial charge < -0.3 is 4.74 Å². The molecule has 0 spiro atoms. The fourth-order valence-corrected chi connectivity index (χ4v) is 1.63. The number of hydrogen-bond acceptors (Lipinski definition) is 1. The maximum atomic E-state index is 13.3. The molecule has 1 aromatic rings. The minimum Gasteiger partial charge on any atom is -0.490 e. The van der Waals surface area contributed by atoms with E-state index in [0.717, 1.165) is 0 Å². The van der Waals surface area contributed by atoms with Crippen LogP contribution in [0.15, 0.2) is 16.6 Å². The van der Waals surface area contributed by atoms with Gasteiger partial charge in [-0.05, 0) is 57.6 Å². The third kappa shape index (κ3) is 2.10. The summed E-state index contributed by atoms with van der Waals surface area (Å²) >= 11 is 5.14. The quantitative estimate of drug-likeness (QED) is 0.588. The minimum atomic E-state index is -0.299. The summed E-state index contributed by atoms with van der Waals surface area (Å²) in [5, 5.41) is 0. The van der Waals surface area contributed by atoms with Crippen molar-refractivity contribution in [2.45, 2.75) is 6.92 Å². The van der Waals surface area contributed by atoms with E-state index in [0.29, 0.717) is 20.4 Å². The van der Waals surface area contributed by atoms with Gasteiger partial charge in [0.1, 0.15) is 0 Å². The second-order valence-corrected chi connectivity index (χ2v) is 4.12. The van der Waals surface area contributed by atoms with Crippen LogP contribution in [0, 0.1) is 9.39 Å². The van der Waals surface area contributed by atoms with Gasteiger partial charge in [0.2, 0.25) is 0 Å². The average Bonchev–Trinajstić information content (AvgIpc) is 2.06. The van der Waals surface area contributed by atoms with Crippen molar-refractivity contribution in [3.63, 3.8) is 0 Å². The van der Waals surface area contributed by atoms with Crippen molar-refractivity contribution in [3.8, 4) is 5.75 Å². The fourth-order valence-electron chi connectivity index (χ4n) is 0.785. The van der Waals surface area contributed by atoms with E-state index in [9.17, 15) is 4.39 Å². The first-order chi connectivity index (χ1) is 5.66. The van der Waals surface area contributed by atoms with Gasteiger partial charge in [-0.1, -0.05) is 0 Å². The molecular formula is C8H7BrFIO. The second-order valence-electron chi connectivity index (χ2n) is 2.11. The third-order valence-electron chi connectivity index (χ3n) is 1.29. The molecule has 1 aromatic carbocycles. The lowest BCUT2D eigenvalue weighted by molar-refractivity contribution is 0.318. The standard InChI is InChI=1S/C8H7BrFIO/c1-2-12-8-5(9)3-4-6(11)7(8)10/h3-4H,2H2,1H3. The van der Waals surface area contributed by atoms with E-state index >= 15 is 0 Å². The van der Waals surface area contributed by atoms with E-state index in [2.05, 4.69) is 15.9 Å². The van der Waals surface area contributed by atoms with Gasteiger partial charge in [0.05, 0.1) is 14.6 Å². The highest BCUT2D eigenvalue weighted by molar-refractivity contribution is 14.1. The zero-order chi connectivity index (χ0) is 9.14. The summed E-state index contributed by atoms with van der Waals surface area (Å²) in [6.45, 7) is 2.29. The second kappa shape index (κ2) is 4.41. The first-order valence-corrected chi connectivity index (χ1v) is 5.30. The van der Waals surface area contributed by atoms with Crippen LogP contribution < -0.4 is 4.74 Å². The molecule has 0 radical (unpaired) electrons. The molecule has 0 unspecified atom stereocenters. The molecule has 0 saturated carbocycles. The summed E-state index contributed by atoms with van der Waals surface area (Å²) < 4.78 is 19.6. The maximum Gasteiger partial charge on any atom is 0.179 e. The van der Waals surface area contributed by atoms with Crippen LogP contribution in [-0.2, 0) is 0 Å². The molecule has 0 heterocycles. The third-order valence-corrected chi connectivity index (χ3v) is 2.75. The molecule has 1 nitrogen and oxygen atoms in total. The summed E-state index contributed by atoms with van der Waals surface area (Å²) in [7, 11) is 0. The highest BCUT2D eigenvalue weighted by Gasteiger charge is 2.10. The molecule has 0 aliphatic rings. The van der Waals surface area contributed by atoms with Crippen LogP contribution in [0.4, 0.5) is 4.39 Å². The van der Waals surface area contributed by atoms with Gasteiger partial charge in [0.25, 0.3) is 0 Å². The molecule has 66 valence electrons. The van der Waals surface area contributed by atoms with Crippen LogP contribution >= 0.6 is 38.5 Å². The van der Waals surface area contributed by atoms with Crippen LogP contribution in [0.1, 0.15) is 6.92 Å². The molecule has 0 saturated heterocycles. The van der Waals surface area contributed by atoms with Crippen molar-refractivity contribution in [1.29, 1.82) is 0 Å². The Labute approximate surface area is 92.6 Å². The van der Waals surface area contributed by atoms with Crippen LogP contribution in [0.2, 0.25) is 0 Å². The molecular weight excluding hydrogens is 338 g/mol. The summed E-state index contributed by atoms with van der Waals surface area (Å²) in [6.07, 6.45) is 0. The topological polar surface area (TPSA) is 9.23 Å². The molecule has 0 amide bonds. The number of hydrogen-bond donors (Lipinski definition) is 0. The number of benzene rings is 1. The Kier molecular flexibility index (Phi) is 3.77. The van der Waals surface area contributed by atoms with E-state index in [-0.39, 0.29) is 5.82 Å². The van der Waals surface area contributed by atoms with Crippen LogP contribution in [0.25, 0.3) is 0 Å². The van der Waals surface area contributed by atoms with E-state index in [4.69, 9.17) is 4.74 Å². The molecule has 0 N–H and O–H groups in total. The molecule has 4 heteroatoms. The Bertz CT molecular complexity index is 291. The highest BCUT2D eigenvalue weighted by atomic mass is 127. The fraction of sp³-hybridized carbons (Fsp3) is 0.250. The van der Waals surface area contributed by atoms with Gasteiger partial charge in [0, 0.05) is 0 Å². The van der Waals surface area contributed by atoms with Gasteiger partial charge in [0.15, 0.2) is 11.6 Å². The predicted molar refractivity (Wildman–Crippen MR) is 58.0 cm³/mol. The number of ether oxygens (including phenoxy) is 1. The monoisotopic (exact) mass is 344 g/mol. The van der Waals surface area contributed by atoms with Crippen molar-refractivity contribution in [1.82, 2.24) is 0 Å². The van der Waals surface area contributed by atoms with Crippen LogP contribution in [0.3, 0.4) is 0 Å². The Morgan fingerprint density at radius 3 is 2.83 bits per heavy atom. The zero-order valence-electron chi connectivity index (χ0n) is 6.40. The number of rotatable bonds is 2. The van der Waals surface area contributed by atoms with Gasteiger partial charge >= 0.3 is 0 Å². The van der Waals surface area contributed by atoms with E-state index in [1.165, 1.54) is 0 Å². The van der Waals surface area contributed by atoms with E-state index < -0.39 is 0 Å². The Morgan fingerprint density at radius 1 is 1.58 bits per heavy atom. The summed E-state index contributed by atoms with van der Waals surface area (Å²) in [4.78, 5) is 0. The minimum absolute atomic E-state index is 0.296. The maximum absolute atomic E-state index is 13.3. The van der Waals surface area contributed by atoms with Crippen molar-refractivity contribution < 1.29 is 9.13 Å². The van der Waals surface area contributed by atoms with Crippen LogP contribution in [-0.4, -0.2) is 6.61 Å². The SMILES string of the molecule is CCOc1c(Br)ccc(I)c1F. The molecule has 0 aliphatic heterocycles. The summed E-state index contributed by atoms with van der Waals surface area (Å²) in [5.41, 5.74) is 0. The molecule has 0 atom stereocenters. The molecule has 12 heavy (non-hydrogen) atoms. The van der Waals surface area contributed by atoms with Crippen molar-refractivity contribution in [2.75, 3.05) is 6.61 Å². The predicted octanol–water partition coefficient (Wildman–Crippen LogP) is 3.59. The van der Waals surface area contributed by atoms with Gasteiger partial charge in [-0.2, -0.15) is 0 Å².